The summed E-state index contributed by atoms with van der Waals surface area (Å²) in [5, 5.41) is 14.8. The van der Waals surface area contributed by atoms with Crippen LogP contribution in [0.1, 0.15) is 18.4 Å². The first-order valence-corrected chi connectivity index (χ1v) is 9.28. The maximum Gasteiger partial charge on any atom is 0.414 e. The van der Waals surface area contributed by atoms with Crippen LogP contribution in [-0.4, -0.2) is 88.6 Å². The summed E-state index contributed by atoms with van der Waals surface area (Å²) in [5.74, 6) is -3.55. The van der Waals surface area contributed by atoms with E-state index in [-0.39, 0.29) is 11.7 Å². The van der Waals surface area contributed by atoms with Crippen LogP contribution in [0.4, 0.5) is 4.39 Å². The lowest BCUT2D eigenvalue weighted by molar-refractivity contribution is -0.159. The average Bonchev–Trinajstić information content (AvgIpc) is 3.19. The largest absolute Gasteiger partial charge is 0.473 e. The van der Waals surface area contributed by atoms with Gasteiger partial charge in [-0.15, -0.1) is 0 Å². The first kappa shape index (κ1) is 21.8. The molecule has 154 valence electrons. The number of carbonyl (C=O) groups excluding carboxylic acids is 1. The Morgan fingerprint density at radius 2 is 1.46 bits per heavy atom. The number of amides is 1. The van der Waals surface area contributed by atoms with E-state index in [0.717, 1.165) is 64.2 Å². The van der Waals surface area contributed by atoms with Gasteiger partial charge in [-0.3, -0.25) is 14.6 Å². The normalized spacial score (nSPS) is 17.7. The van der Waals surface area contributed by atoms with Gasteiger partial charge in [-0.05, 0) is 30.5 Å². The van der Waals surface area contributed by atoms with Crippen molar-refractivity contribution in [3.05, 3.63) is 35.6 Å². The molecule has 3 rings (SSSR count). The van der Waals surface area contributed by atoms with Crippen molar-refractivity contribution in [1.29, 1.82) is 0 Å². The van der Waals surface area contributed by atoms with Gasteiger partial charge in [0.25, 0.3) is 0 Å². The highest BCUT2D eigenvalue weighted by atomic mass is 19.1. The summed E-state index contributed by atoms with van der Waals surface area (Å²) in [7, 11) is 0. The fourth-order valence-corrected chi connectivity index (χ4v) is 3.26. The lowest BCUT2D eigenvalue weighted by Crippen LogP contribution is -2.49. The molecule has 0 unspecified atom stereocenters. The molecule has 2 aliphatic heterocycles. The van der Waals surface area contributed by atoms with Gasteiger partial charge in [-0.1, -0.05) is 12.1 Å². The SMILES string of the molecule is O=C(CN1CCN(Cc2cccc(F)c2)CC1)N1CCCC1.O=C(O)C(=O)O. The Morgan fingerprint density at radius 1 is 0.893 bits per heavy atom. The monoisotopic (exact) mass is 395 g/mol. The van der Waals surface area contributed by atoms with Crippen molar-refractivity contribution in [2.45, 2.75) is 19.4 Å². The Hall–Kier alpha value is -2.52. The summed E-state index contributed by atoms with van der Waals surface area (Å²) < 4.78 is 13.2. The Bertz CT molecular complexity index is 674. The number of aliphatic carboxylic acids is 2. The zero-order valence-electron chi connectivity index (χ0n) is 15.7. The van der Waals surface area contributed by atoms with Crippen molar-refractivity contribution < 1.29 is 29.0 Å². The number of likely N-dealkylation sites (tertiary alicyclic amines) is 1. The molecular formula is C19H26FN3O5. The van der Waals surface area contributed by atoms with Crippen LogP contribution in [0.2, 0.25) is 0 Å². The Morgan fingerprint density at radius 3 is 2.00 bits per heavy atom. The highest BCUT2D eigenvalue weighted by Gasteiger charge is 2.23. The van der Waals surface area contributed by atoms with Gasteiger partial charge >= 0.3 is 11.9 Å². The van der Waals surface area contributed by atoms with Crippen molar-refractivity contribution in [2.75, 3.05) is 45.8 Å². The number of hydrogen-bond donors (Lipinski definition) is 2. The third-order valence-corrected chi connectivity index (χ3v) is 4.76. The van der Waals surface area contributed by atoms with E-state index < -0.39 is 11.9 Å². The molecule has 9 heteroatoms. The maximum absolute atomic E-state index is 13.2. The second-order valence-corrected chi connectivity index (χ2v) is 6.88. The van der Waals surface area contributed by atoms with E-state index in [1.165, 1.54) is 6.07 Å². The van der Waals surface area contributed by atoms with Crippen molar-refractivity contribution in [3.8, 4) is 0 Å². The van der Waals surface area contributed by atoms with Crippen molar-refractivity contribution >= 4 is 17.8 Å². The summed E-state index contributed by atoms with van der Waals surface area (Å²) in [6.45, 7) is 6.88. The van der Waals surface area contributed by atoms with E-state index >= 15 is 0 Å². The molecule has 0 atom stereocenters. The van der Waals surface area contributed by atoms with Crippen molar-refractivity contribution in [1.82, 2.24) is 14.7 Å². The molecule has 1 aromatic carbocycles. The smallest absolute Gasteiger partial charge is 0.414 e. The number of piperazine rings is 1. The quantitative estimate of drug-likeness (QED) is 0.725. The van der Waals surface area contributed by atoms with Gasteiger partial charge in [0.05, 0.1) is 6.54 Å². The molecule has 0 saturated carbocycles. The Balaban J connectivity index is 0.000000409. The lowest BCUT2D eigenvalue weighted by Gasteiger charge is -2.35. The molecule has 2 aliphatic rings. The van der Waals surface area contributed by atoms with E-state index in [0.29, 0.717) is 6.54 Å². The molecule has 0 spiro atoms. The number of benzene rings is 1. The summed E-state index contributed by atoms with van der Waals surface area (Å²) >= 11 is 0. The fourth-order valence-electron chi connectivity index (χ4n) is 3.26. The molecular weight excluding hydrogens is 369 g/mol. The number of halogens is 1. The molecule has 2 fully saturated rings. The predicted octanol–water partition coefficient (Wildman–Crippen LogP) is 0.721. The molecule has 1 amide bonds. The predicted molar refractivity (Wildman–Crippen MR) is 99.2 cm³/mol. The average molecular weight is 395 g/mol. The first-order chi connectivity index (χ1) is 13.3. The van der Waals surface area contributed by atoms with Crippen LogP contribution in [0, 0.1) is 5.82 Å². The molecule has 28 heavy (non-hydrogen) atoms. The minimum Gasteiger partial charge on any atom is -0.473 e. The summed E-state index contributed by atoms with van der Waals surface area (Å²) in [4.78, 5) is 36.9. The molecule has 2 N–H and O–H groups in total. The molecule has 0 aromatic heterocycles. The molecule has 1 aromatic rings. The summed E-state index contributed by atoms with van der Waals surface area (Å²) in [6, 6.07) is 6.80. The van der Waals surface area contributed by atoms with E-state index in [9.17, 15) is 9.18 Å². The molecule has 0 bridgehead atoms. The van der Waals surface area contributed by atoms with E-state index in [1.54, 1.807) is 12.1 Å². The summed E-state index contributed by atoms with van der Waals surface area (Å²) in [6.07, 6.45) is 2.29. The minimum atomic E-state index is -1.82. The molecule has 8 nitrogen and oxygen atoms in total. The van der Waals surface area contributed by atoms with Crippen LogP contribution in [0.15, 0.2) is 24.3 Å². The third-order valence-electron chi connectivity index (χ3n) is 4.76. The lowest BCUT2D eigenvalue weighted by atomic mass is 10.2. The van der Waals surface area contributed by atoms with Gasteiger partial charge in [0.15, 0.2) is 0 Å². The highest BCUT2D eigenvalue weighted by molar-refractivity contribution is 6.27. The van der Waals surface area contributed by atoms with Gasteiger partial charge in [0.1, 0.15) is 5.82 Å². The Kier molecular flexibility index (Phi) is 8.34. The van der Waals surface area contributed by atoms with Gasteiger partial charge in [-0.25, -0.2) is 14.0 Å². The van der Waals surface area contributed by atoms with Crippen molar-refractivity contribution in [3.63, 3.8) is 0 Å². The van der Waals surface area contributed by atoms with Crippen LogP contribution in [0.5, 0.6) is 0 Å². The number of carboxylic acids is 2. The molecule has 2 heterocycles. The van der Waals surface area contributed by atoms with E-state index in [1.807, 2.05) is 11.0 Å². The minimum absolute atomic E-state index is 0.174. The summed E-state index contributed by atoms with van der Waals surface area (Å²) in [5.41, 5.74) is 1.02. The maximum atomic E-state index is 13.2. The van der Waals surface area contributed by atoms with E-state index in [4.69, 9.17) is 19.8 Å². The fraction of sp³-hybridized carbons (Fsp3) is 0.526. The topological polar surface area (TPSA) is 101 Å². The van der Waals surface area contributed by atoms with Crippen LogP contribution < -0.4 is 0 Å². The Labute approximate surface area is 163 Å². The third kappa shape index (κ3) is 7.24. The van der Waals surface area contributed by atoms with Crippen LogP contribution >= 0.6 is 0 Å². The zero-order chi connectivity index (χ0) is 20.5. The molecule has 2 saturated heterocycles. The van der Waals surface area contributed by atoms with Gasteiger partial charge in [0, 0.05) is 45.8 Å². The second kappa shape index (κ2) is 10.7. The van der Waals surface area contributed by atoms with E-state index in [2.05, 4.69) is 9.80 Å². The second-order valence-electron chi connectivity index (χ2n) is 6.88. The number of hydrogen-bond acceptors (Lipinski definition) is 5. The number of carboxylic acid groups (broad SMARTS) is 2. The first-order valence-electron chi connectivity index (χ1n) is 9.28. The van der Waals surface area contributed by atoms with Crippen LogP contribution in [0.25, 0.3) is 0 Å². The van der Waals surface area contributed by atoms with Crippen molar-refractivity contribution in [2.24, 2.45) is 0 Å². The zero-order valence-corrected chi connectivity index (χ0v) is 15.7. The molecule has 0 aliphatic carbocycles. The highest BCUT2D eigenvalue weighted by Crippen LogP contribution is 2.12. The van der Waals surface area contributed by atoms with Gasteiger partial charge in [0.2, 0.25) is 5.91 Å². The van der Waals surface area contributed by atoms with Gasteiger partial charge in [-0.2, -0.15) is 0 Å². The number of nitrogens with zero attached hydrogens (tertiary/aromatic N) is 3. The van der Waals surface area contributed by atoms with Crippen LogP contribution in [-0.2, 0) is 20.9 Å². The standard InChI is InChI=1S/C17H24FN3O.C2H2O4/c18-16-5-3-4-15(12-16)13-19-8-10-20(11-9-19)14-17(22)21-6-1-2-7-21;3-1(4)2(5)6/h3-5,12H,1-2,6-11,13-14H2;(H,3,4)(H,5,6). The molecule has 0 radical (unpaired) electrons. The number of rotatable bonds is 4. The van der Waals surface area contributed by atoms with Gasteiger partial charge < -0.3 is 15.1 Å². The van der Waals surface area contributed by atoms with Crippen LogP contribution in [0.3, 0.4) is 0 Å². The number of carbonyl (C=O) groups is 3.